The number of hydrogen-bond acceptors (Lipinski definition) is 6. The number of benzene rings is 2. The van der Waals surface area contributed by atoms with Gasteiger partial charge in [-0.25, -0.2) is 0 Å². The maximum atomic E-state index is 13.1. The van der Waals surface area contributed by atoms with Gasteiger partial charge in [0.15, 0.2) is 11.5 Å². The van der Waals surface area contributed by atoms with Gasteiger partial charge in [0.25, 0.3) is 0 Å². The fourth-order valence-corrected chi connectivity index (χ4v) is 5.21. The van der Waals surface area contributed by atoms with E-state index in [1.54, 1.807) is 12.0 Å². The largest absolute Gasteiger partial charge is 0.493 e. The molecule has 0 unspecified atom stereocenters. The van der Waals surface area contributed by atoms with Crippen LogP contribution in [0, 0.1) is 11.3 Å². The lowest BCUT2D eigenvalue weighted by Gasteiger charge is -2.42. The van der Waals surface area contributed by atoms with E-state index in [-0.39, 0.29) is 18.2 Å². The van der Waals surface area contributed by atoms with E-state index in [2.05, 4.69) is 11.0 Å². The Balaban J connectivity index is 1.66. The lowest BCUT2D eigenvalue weighted by atomic mass is 9.86. The molecule has 31 heavy (non-hydrogen) atoms. The molecule has 1 atom stereocenters. The van der Waals surface area contributed by atoms with E-state index in [0.717, 1.165) is 16.3 Å². The second-order valence-corrected chi connectivity index (χ2v) is 8.56. The number of thioether (sulfide) groups is 1. The third kappa shape index (κ3) is 4.18. The van der Waals surface area contributed by atoms with Crippen LogP contribution in [-0.4, -0.2) is 37.1 Å². The molecule has 0 aromatic heterocycles. The maximum absolute atomic E-state index is 13.1. The van der Waals surface area contributed by atoms with Crippen LogP contribution >= 0.6 is 23.4 Å². The Morgan fingerprint density at radius 2 is 2.10 bits per heavy atom. The van der Waals surface area contributed by atoms with Crippen LogP contribution in [0.15, 0.2) is 53.1 Å². The van der Waals surface area contributed by atoms with Crippen LogP contribution in [0.3, 0.4) is 0 Å². The molecule has 0 aliphatic carbocycles. The number of rotatable bonds is 5. The number of anilines is 1. The molecule has 1 fully saturated rings. The molecule has 4 rings (SSSR count). The van der Waals surface area contributed by atoms with Gasteiger partial charge in [0.1, 0.15) is 0 Å². The minimum atomic E-state index is -0.307. The summed E-state index contributed by atoms with van der Waals surface area (Å²) >= 11 is 7.63. The van der Waals surface area contributed by atoms with Gasteiger partial charge < -0.3 is 14.4 Å². The first-order valence-corrected chi connectivity index (χ1v) is 11.3. The number of allylic oxidation sites excluding steroid dienone is 1. The Labute approximate surface area is 191 Å². The Kier molecular flexibility index (Phi) is 6.30. The smallest absolute Gasteiger partial charge is 0.229 e. The Hall–Kier alpha value is -2.82. The van der Waals surface area contributed by atoms with E-state index >= 15 is 0 Å². The normalized spacial score (nSPS) is 18.5. The topological polar surface area (TPSA) is 65.8 Å². The van der Waals surface area contributed by atoms with Crippen molar-refractivity contribution in [2.75, 3.05) is 31.2 Å². The summed E-state index contributed by atoms with van der Waals surface area (Å²) in [5, 5.41) is 11.4. The molecule has 0 bridgehead atoms. The van der Waals surface area contributed by atoms with Crippen molar-refractivity contribution in [3.8, 4) is 17.6 Å². The number of carbonyl (C=O) groups is 1. The standard InChI is InChI=1S/C23H22ClN3O3S/c1-3-30-20-8-7-15(9-21(20)29-2)18-11-22(28)27-13-26(14-31-23(27)19(18)12-25)17-6-4-5-16(24)10-17/h4-10,18H,3,11,13-14H2,1-2H3/t18-/m1/s1. The van der Waals surface area contributed by atoms with Crippen LogP contribution in [0.1, 0.15) is 24.8 Å². The summed E-state index contributed by atoms with van der Waals surface area (Å²) in [5.74, 6) is 1.56. The van der Waals surface area contributed by atoms with Crippen LogP contribution in [0.25, 0.3) is 0 Å². The monoisotopic (exact) mass is 455 g/mol. The van der Waals surface area contributed by atoms with Crippen LogP contribution in [0.5, 0.6) is 11.5 Å². The van der Waals surface area contributed by atoms with E-state index in [9.17, 15) is 10.1 Å². The molecule has 6 nitrogen and oxygen atoms in total. The van der Waals surface area contributed by atoms with Gasteiger partial charge in [-0.2, -0.15) is 5.26 Å². The van der Waals surface area contributed by atoms with Crippen LogP contribution in [-0.2, 0) is 4.79 Å². The SMILES string of the molecule is CCOc1ccc([C@H]2CC(=O)N3CN(c4cccc(Cl)c4)CSC3=C2C#N)cc1OC. The van der Waals surface area contributed by atoms with Crippen molar-refractivity contribution in [3.05, 3.63) is 63.7 Å². The summed E-state index contributed by atoms with van der Waals surface area (Å²) < 4.78 is 11.1. The predicted molar refractivity (Wildman–Crippen MR) is 122 cm³/mol. The van der Waals surface area contributed by atoms with Crippen LogP contribution < -0.4 is 14.4 Å². The number of hydrogen-bond donors (Lipinski definition) is 0. The molecule has 2 aliphatic rings. The number of amides is 1. The molecule has 0 saturated carbocycles. The van der Waals surface area contributed by atoms with Gasteiger partial charge in [-0.3, -0.25) is 9.69 Å². The van der Waals surface area contributed by atoms with Gasteiger partial charge in [-0.1, -0.05) is 35.5 Å². The highest BCUT2D eigenvalue weighted by Crippen LogP contribution is 2.44. The van der Waals surface area contributed by atoms with Crippen molar-refractivity contribution in [1.82, 2.24) is 4.90 Å². The van der Waals surface area contributed by atoms with Gasteiger partial charge in [0.2, 0.25) is 5.91 Å². The summed E-state index contributed by atoms with van der Waals surface area (Å²) in [6, 6.07) is 15.5. The molecule has 1 saturated heterocycles. The van der Waals surface area contributed by atoms with E-state index in [4.69, 9.17) is 21.1 Å². The first-order valence-electron chi connectivity index (χ1n) is 9.94. The molecule has 0 spiro atoms. The first kappa shape index (κ1) is 21.4. The number of methoxy groups -OCH3 is 1. The summed E-state index contributed by atoms with van der Waals surface area (Å²) in [6.45, 7) is 2.83. The molecule has 8 heteroatoms. The van der Waals surface area contributed by atoms with Crippen LogP contribution in [0.4, 0.5) is 5.69 Å². The fourth-order valence-electron chi connectivity index (χ4n) is 3.86. The summed E-state index contributed by atoms with van der Waals surface area (Å²) in [7, 11) is 1.58. The van der Waals surface area contributed by atoms with Gasteiger partial charge in [-0.05, 0) is 42.8 Å². The van der Waals surface area contributed by atoms with Gasteiger partial charge >= 0.3 is 0 Å². The van der Waals surface area contributed by atoms with Crippen molar-refractivity contribution in [1.29, 1.82) is 5.26 Å². The van der Waals surface area contributed by atoms with E-state index < -0.39 is 0 Å². The average Bonchev–Trinajstić information content (AvgIpc) is 2.79. The molecule has 2 aromatic rings. The highest BCUT2D eigenvalue weighted by molar-refractivity contribution is 8.03. The zero-order valence-corrected chi connectivity index (χ0v) is 18.9. The molecule has 2 heterocycles. The van der Waals surface area contributed by atoms with E-state index in [0.29, 0.717) is 41.2 Å². The zero-order valence-electron chi connectivity index (χ0n) is 17.3. The van der Waals surface area contributed by atoms with Crippen molar-refractivity contribution in [3.63, 3.8) is 0 Å². The summed E-state index contributed by atoms with van der Waals surface area (Å²) in [5.41, 5.74) is 2.43. The minimum absolute atomic E-state index is 0.00826. The van der Waals surface area contributed by atoms with E-state index in [1.165, 1.54) is 11.8 Å². The molecule has 1 amide bonds. The molecule has 160 valence electrons. The van der Waals surface area contributed by atoms with E-state index in [1.807, 2.05) is 49.4 Å². The number of carbonyl (C=O) groups excluding carboxylic acids is 1. The highest BCUT2D eigenvalue weighted by Gasteiger charge is 2.38. The molecule has 2 aliphatic heterocycles. The third-order valence-corrected chi connectivity index (χ3v) is 6.75. The second-order valence-electron chi connectivity index (χ2n) is 7.19. The van der Waals surface area contributed by atoms with Gasteiger partial charge in [0.05, 0.1) is 42.9 Å². The van der Waals surface area contributed by atoms with Crippen LogP contribution in [0.2, 0.25) is 5.02 Å². The number of nitriles is 1. The molecule has 0 N–H and O–H groups in total. The number of ether oxygens (including phenoxy) is 2. The summed E-state index contributed by atoms with van der Waals surface area (Å²) in [6.07, 6.45) is 0.230. The number of halogens is 1. The predicted octanol–water partition coefficient (Wildman–Crippen LogP) is 4.97. The minimum Gasteiger partial charge on any atom is -0.493 e. The summed E-state index contributed by atoms with van der Waals surface area (Å²) in [4.78, 5) is 16.9. The average molecular weight is 456 g/mol. The molecular formula is C23H22ClN3O3S. The van der Waals surface area contributed by atoms with Crippen molar-refractivity contribution >= 4 is 35.0 Å². The Bertz CT molecular complexity index is 1080. The van der Waals surface area contributed by atoms with Gasteiger partial charge in [0, 0.05) is 23.0 Å². The lowest BCUT2D eigenvalue weighted by Crippen LogP contribution is -2.47. The molecule has 2 aromatic carbocycles. The maximum Gasteiger partial charge on any atom is 0.229 e. The van der Waals surface area contributed by atoms with Gasteiger partial charge in [-0.15, -0.1) is 0 Å². The zero-order chi connectivity index (χ0) is 22.0. The number of fused-ring (bicyclic) bond motifs is 1. The highest BCUT2D eigenvalue weighted by atomic mass is 35.5. The second kappa shape index (κ2) is 9.13. The Morgan fingerprint density at radius 1 is 1.26 bits per heavy atom. The van der Waals surface area contributed by atoms with Crippen molar-refractivity contribution in [2.24, 2.45) is 0 Å². The van der Waals surface area contributed by atoms with Crippen molar-refractivity contribution in [2.45, 2.75) is 19.3 Å². The number of nitrogens with zero attached hydrogens (tertiary/aromatic N) is 3. The third-order valence-electron chi connectivity index (χ3n) is 5.36. The molecular weight excluding hydrogens is 434 g/mol. The fraction of sp³-hybridized carbons (Fsp3) is 0.304. The molecule has 0 radical (unpaired) electrons. The lowest BCUT2D eigenvalue weighted by molar-refractivity contribution is -0.129. The van der Waals surface area contributed by atoms with Crippen molar-refractivity contribution < 1.29 is 14.3 Å². The first-order chi connectivity index (χ1) is 15.0. The quantitative estimate of drug-likeness (QED) is 0.634. The Morgan fingerprint density at radius 3 is 2.81 bits per heavy atom.